The van der Waals surface area contributed by atoms with E-state index in [1.165, 1.54) is 12.8 Å². The van der Waals surface area contributed by atoms with E-state index in [0.29, 0.717) is 6.04 Å². The highest BCUT2D eigenvalue weighted by atomic mass is 16.5. The molecule has 1 fully saturated rings. The summed E-state index contributed by atoms with van der Waals surface area (Å²) in [5.41, 5.74) is 2.85. The Labute approximate surface area is 94.5 Å². The lowest BCUT2D eigenvalue weighted by molar-refractivity contribution is -0.593. The second kappa shape index (κ2) is 3.37. The number of hydrogen-bond donors (Lipinski definition) is 0. The summed E-state index contributed by atoms with van der Waals surface area (Å²) in [6.07, 6.45) is 4.07. The minimum atomic E-state index is 0.553. The zero-order valence-electron chi connectivity index (χ0n) is 9.26. The Hall–Kier alpha value is -1.77. The first-order chi connectivity index (χ1) is 7.77. The monoisotopic (exact) mass is 214 g/mol. The van der Waals surface area contributed by atoms with Gasteiger partial charge < -0.3 is 5.21 Å². The van der Waals surface area contributed by atoms with Gasteiger partial charge in [-0.3, -0.25) is 0 Å². The number of aromatic nitrogens is 2. The van der Waals surface area contributed by atoms with E-state index < -0.39 is 0 Å². The van der Waals surface area contributed by atoms with Crippen LogP contribution in [0, 0.1) is 12.1 Å². The van der Waals surface area contributed by atoms with Gasteiger partial charge in [0.05, 0.1) is 0 Å². The van der Waals surface area contributed by atoms with Crippen LogP contribution < -0.4 is 4.73 Å². The predicted octanol–water partition coefficient (Wildman–Crippen LogP) is 2.43. The van der Waals surface area contributed by atoms with Crippen molar-refractivity contribution in [1.82, 2.24) is 4.57 Å². The summed E-state index contributed by atoms with van der Waals surface area (Å²) in [7, 11) is 0. The van der Waals surface area contributed by atoms with Gasteiger partial charge in [0.2, 0.25) is 6.33 Å². The first kappa shape index (κ1) is 9.46. The molecule has 16 heavy (non-hydrogen) atoms. The van der Waals surface area contributed by atoms with Crippen LogP contribution in [-0.2, 0) is 0 Å². The lowest BCUT2D eigenvalue weighted by atomic mass is 10.1. The minimum absolute atomic E-state index is 0.553. The second-order valence-electron chi connectivity index (χ2n) is 4.38. The molecule has 0 aliphatic heterocycles. The molecule has 1 aromatic heterocycles. The molecule has 3 rings (SSSR count). The van der Waals surface area contributed by atoms with Gasteiger partial charge in [-0.1, -0.05) is 30.3 Å². The summed E-state index contributed by atoms with van der Waals surface area (Å²) >= 11 is 0. The molecule has 0 atom stereocenters. The summed E-state index contributed by atoms with van der Waals surface area (Å²) in [5.74, 6) is 0. The second-order valence-corrected chi connectivity index (χ2v) is 4.38. The van der Waals surface area contributed by atoms with Crippen molar-refractivity contribution in [3.8, 4) is 11.3 Å². The van der Waals surface area contributed by atoms with Gasteiger partial charge in [-0.15, -0.1) is 0 Å². The number of imidazole rings is 1. The van der Waals surface area contributed by atoms with E-state index in [-0.39, 0.29) is 0 Å². The molecule has 82 valence electrons. The molecule has 2 aromatic rings. The zero-order chi connectivity index (χ0) is 11.1. The van der Waals surface area contributed by atoms with E-state index in [9.17, 15) is 5.21 Å². The number of benzene rings is 1. The van der Waals surface area contributed by atoms with Crippen LogP contribution in [0.1, 0.15) is 24.6 Å². The molecular weight excluding hydrogens is 200 g/mol. The molecule has 0 amide bonds. The van der Waals surface area contributed by atoms with E-state index in [0.717, 1.165) is 21.7 Å². The smallest absolute Gasteiger partial charge is 0.247 e. The molecule has 1 heterocycles. The normalized spacial score (nSPS) is 15.3. The van der Waals surface area contributed by atoms with Crippen molar-refractivity contribution in [2.75, 3.05) is 0 Å². The topological polar surface area (TPSA) is 31.9 Å². The van der Waals surface area contributed by atoms with E-state index in [2.05, 4.69) is 4.57 Å². The highest BCUT2D eigenvalue weighted by molar-refractivity contribution is 5.58. The molecule has 0 spiro atoms. The summed E-state index contributed by atoms with van der Waals surface area (Å²) < 4.78 is 3.10. The Morgan fingerprint density at radius 3 is 2.56 bits per heavy atom. The third-order valence-electron chi connectivity index (χ3n) is 3.17. The van der Waals surface area contributed by atoms with Gasteiger partial charge in [-0.2, -0.15) is 0 Å². The minimum Gasteiger partial charge on any atom is -0.710 e. The van der Waals surface area contributed by atoms with E-state index in [4.69, 9.17) is 0 Å². The van der Waals surface area contributed by atoms with Crippen LogP contribution in [-0.4, -0.2) is 4.57 Å². The molecule has 0 saturated heterocycles. The van der Waals surface area contributed by atoms with Gasteiger partial charge in [0.1, 0.15) is 11.7 Å². The van der Waals surface area contributed by atoms with Crippen LogP contribution >= 0.6 is 0 Å². The average molecular weight is 214 g/mol. The van der Waals surface area contributed by atoms with Gasteiger partial charge in [-0.25, -0.2) is 9.30 Å². The van der Waals surface area contributed by atoms with Gasteiger partial charge in [0, 0.05) is 12.5 Å². The predicted molar refractivity (Wildman–Crippen MR) is 61.8 cm³/mol. The maximum atomic E-state index is 11.9. The fourth-order valence-corrected chi connectivity index (χ4v) is 2.19. The summed E-state index contributed by atoms with van der Waals surface area (Å²) in [4.78, 5) is 0. The standard InChI is InChI=1S/C13H14N2O/c1-10-13(11-5-3-2-4-6-11)15(16)9-14(10)12-7-8-12/h2-6,9,12H,7-8H2,1H3. The first-order valence-electron chi connectivity index (χ1n) is 5.63. The van der Waals surface area contributed by atoms with E-state index in [1.807, 2.05) is 37.3 Å². The highest BCUT2D eigenvalue weighted by Gasteiger charge is 2.32. The van der Waals surface area contributed by atoms with Crippen LogP contribution in [0.2, 0.25) is 0 Å². The summed E-state index contributed by atoms with van der Waals surface area (Å²) in [5, 5.41) is 11.9. The molecule has 0 N–H and O–H groups in total. The maximum absolute atomic E-state index is 11.9. The van der Waals surface area contributed by atoms with Gasteiger partial charge >= 0.3 is 0 Å². The van der Waals surface area contributed by atoms with Gasteiger partial charge in [-0.05, 0) is 12.8 Å². The summed E-state index contributed by atoms with van der Waals surface area (Å²) in [6.45, 7) is 2.02. The molecule has 1 aromatic carbocycles. The van der Waals surface area contributed by atoms with Crippen LogP contribution in [0.25, 0.3) is 11.3 Å². The molecule has 1 aliphatic rings. The van der Waals surface area contributed by atoms with Crippen molar-refractivity contribution in [2.24, 2.45) is 0 Å². The Bertz CT molecular complexity index is 512. The lowest BCUT2D eigenvalue weighted by Gasteiger charge is -2.02. The molecule has 0 radical (unpaired) electrons. The van der Waals surface area contributed by atoms with Crippen molar-refractivity contribution >= 4 is 0 Å². The fourth-order valence-electron chi connectivity index (χ4n) is 2.19. The largest absolute Gasteiger partial charge is 0.710 e. The fraction of sp³-hybridized carbons (Fsp3) is 0.308. The number of nitrogens with zero attached hydrogens (tertiary/aromatic N) is 2. The van der Waals surface area contributed by atoms with Crippen molar-refractivity contribution < 1.29 is 4.73 Å². The zero-order valence-corrected chi connectivity index (χ0v) is 9.26. The molecule has 3 nitrogen and oxygen atoms in total. The molecule has 1 saturated carbocycles. The molecule has 1 aliphatic carbocycles. The quantitative estimate of drug-likeness (QED) is 0.558. The molecule has 3 heteroatoms. The SMILES string of the molecule is Cc1c(-c2ccccc2)[n+]([O-])cn1C1CC1. The third-order valence-corrected chi connectivity index (χ3v) is 3.17. The van der Waals surface area contributed by atoms with Crippen molar-refractivity contribution in [1.29, 1.82) is 0 Å². The molecular formula is C13H14N2O. The third kappa shape index (κ3) is 1.40. The van der Waals surface area contributed by atoms with Crippen molar-refractivity contribution in [3.05, 3.63) is 47.6 Å². The maximum Gasteiger partial charge on any atom is 0.247 e. The van der Waals surface area contributed by atoms with Crippen molar-refractivity contribution in [3.63, 3.8) is 0 Å². The van der Waals surface area contributed by atoms with Gasteiger partial charge in [0.25, 0.3) is 0 Å². The highest BCUT2D eigenvalue weighted by Crippen LogP contribution is 2.37. The van der Waals surface area contributed by atoms with Crippen LogP contribution in [0.3, 0.4) is 0 Å². The van der Waals surface area contributed by atoms with E-state index >= 15 is 0 Å². The Morgan fingerprint density at radius 1 is 1.25 bits per heavy atom. The summed E-state index contributed by atoms with van der Waals surface area (Å²) in [6, 6.07) is 10.4. The van der Waals surface area contributed by atoms with Crippen LogP contribution in [0.15, 0.2) is 36.7 Å². The van der Waals surface area contributed by atoms with Gasteiger partial charge in [0.15, 0.2) is 5.69 Å². The molecule has 0 unspecified atom stereocenters. The van der Waals surface area contributed by atoms with Crippen molar-refractivity contribution in [2.45, 2.75) is 25.8 Å². The van der Waals surface area contributed by atoms with Crippen LogP contribution in [0.5, 0.6) is 0 Å². The Balaban J connectivity index is 2.13. The molecule has 0 bridgehead atoms. The number of hydrogen-bond acceptors (Lipinski definition) is 1. The number of rotatable bonds is 2. The average Bonchev–Trinajstić information content (AvgIpc) is 3.07. The first-order valence-corrected chi connectivity index (χ1v) is 5.63. The Kier molecular flexibility index (Phi) is 1.99. The lowest BCUT2D eigenvalue weighted by Crippen LogP contribution is -2.25. The van der Waals surface area contributed by atoms with E-state index in [1.54, 1.807) is 6.33 Å². The Morgan fingerprint density at radius 2 is 1.94 bits per heavy atom. The van der Waals surface area contributed by atoms with Crippen LogP contribution in [0.4, 0.5) is 0 Å².